The van der Waals surface area contributed by atoms with Crippen LogP contribution in [-0.4, -0.2) is 5.97 Å². The van der Waals surface area contributed by atoms with E-state index < -0.39 is 11.6 Å². The summed E-state index contributed by atoms with van der Waals surface area (Å²) in [7, 11) is 0. The zero-order chi connectivity index (χ0) is 12.0. The summed E-state index contributed by atoms with van der Waals surface area (Å²) in [5, 5.41) is 0. The molecule has 0 saturated carbocycles. The fraction of sp³-hybridized carbons (Fsp3) is 0.0714. The fourth-order valence-corrected chi connectivity index (χ4v) is 1.37. The molecule has 1 rings (SSSR count). The first kappa shape index (κ1) is 12.0. The van der Waals surface area contributed by atoms with E-state index in [1.807, 2.05) is 30.3 Å². The summed E-state index contributed by atoms with van der Waals surface area (Å²) >= 11 is 0. The van der Waals surface area contributed by atoms with Gasteiger partial charge in [0.15, 0.2) is 5.60 Å². The molecule has 0 saturated heterocycles. The molecule has 0 aliphatic rings. The second kappa shape index (κ2) is 5.12. The Morgan fingerprint density at radius 2 is 1.69 bits per heavy atom. The first-order valence-electron chi connectivity index (χ1n) is 4.86. The molecule has 2 nitrogen and oxygen atoms in total. The molecule has 82 valence electrons. The first-order chi connectivity index (χ1) is 7.68. The van der Waals surface area contributed by atoms with Crippen LogP contribution in [0.15, 0.2) is 68.3 Å². The molecule has 16 heavy (non-hydrogen) atoms. The summed E-state index contributed by atoms with van der Waals surface area (Å²) in [6.45, 7) is 10.7. The van der Waals surface area contributed by atoms with Crippen LogP contribution in [0.4, 0.5) is 0 Å². The highest BCUT2D eigenvalue weighted by Gasteiger charge is 2.28. The SMILES string of the molecule is C=CC(=O)OC(C=C)(C=C)c1ccccc1. The van der Waals surface area contributed by atoms with Crippen LogP contribution in [-0.2, 0) is 15.1 Å². The van der Waals surface area contributed by atoms with Gasteiger partial charge in [0.05, 0.1) is 0 Å². The summed E-state index contributed by atoms with van der Waals surface area (Å²) in [6, 6.07) is 9.30. The fourth-order valence-electron chi connectivity index (χ4n) is 1.37. The lowest BCUT2D eigenvalue weighted by molar-refractivity contribution is -0.146. The van der Waals surface area contributed by atoms with Crippen LogP contribution < -0.4 is 0 Å². The van der Waals surface area contributed by atoms with Gasteiger partial charge in [0, 0.05) is 11.6 Å². The number of ether oxygens (including phenoxy) is 1. The van der Waals surface area contributed by atoms with Crippen LogP contribution >= 0.6 is 0 Å². The van der Waals surface area contributed by atoms with Crippen molar-refractivity contribution in [3.05, 3.63) is 73.9 Å². The quantitative estimate of drug-likeness (QED) is 0.428. The molecular weight excluding hydrogens is 200 g/mol. The predicted molar refractivity (Wildman–Crippen MR) is 64.8 cm³/mol. The van der Waals surface area contributed by atoms with E-state index in [1.54, 1.807) is 0 Å². The van der Waals surface area contributed by atoms with E-state index >= 15 is 0 Å². The van der Waals surface area contributed by atoms with Crippen molar-refractivity contribution >= 4 is 5.97 Å². The molecule has 0 spiro atoms. The lowest BCUT2D eigenvalue weighted by Gasteiger charge is -2.26. The summed E-state index contributed by atoms with van der Waals surface area (Å²) < 4.78 is 5.28. The molecule has 0 unspecified atom stereocenters. The average Bonchev–Trinajstić information content (AvgIpc) is 2.37. The minimum absolute atomic E-state index is 0.511. The van der Waals surface area contributed by atoms with Crippen LogP contribution in [0.1, 0.15) is 5.56 Å². The van der Waals surface area contributed by atoms with Crippen molar-refractivity contribution in [3.8, 4) is 0 Å². The highest BCUT2D eigenvalue weighted by atomic mass is 16.6. The monoisotopic (exact) mass is 214 g/mol. The Bertz CT molecular complexity index is 396. The standard InChI is InChI=1S/C14H14O2/c1-4-13(15)16-14(5-2,6-3)12-10-8-7-9-11-12/h4-11H,1-3H2. The van der Waals surface area contributed by atoms with E-state index in [9.17, 15) is 4.79 Å². The van der Waals surface area contributed by atoms with Crippen molar-refractivity contribution in [2.75, 3.05) is 0 Å². The highest BCUT2D eigenvalue weighted by Crippen LogP contribution is 2.28. The molecule has 0 aliphatic carbocycles. The van der Waals surface area contributed by atoms with Crippen molar-refractivity contribution in [2.24, 2.45) is 0 Å². The normalized spacial score (nSPS) is 10.2. The van der Waals surface area contributed by atoms with Gasteiger partial charge < -0.3 is 4.74 Å². The summed E-state index contributed by atoms with van der Waals surface area (Å²) in [5.74, 6) is -0.511. The maximum absolute atomic E-state index is 11.3. The van der Waals surface area contributed by atoms with Gasteiger partial charge in [0.25, 0.3) is 0 Å². The number of benzene rings is 1. The summed E-state index contributed by atoms with van der Waals surface area (Å²) in [4.78, 5) is 11.3. The van der Waals surface area contributed by atoms with Gasteiger partial charge in [-0.2, -0.15) is 0 Å². The highest BCUT2D eigenvalue weighted by molar-refractivity contribution is 5.82. The van der Waals surface area contributed by atoms with Gasteiger partial charge >= 0.3 is 5.97 Å². The molecule has 0 aliphatic heterocycles. The molecule has 0 atom stereocenters. The molecule has 2 heteroatoms. The van der Waals surface area contributed by atoms with Crippen molar-refractivity contribution in [3.63, 3.8) is 0 Å². The van der Waals surface area contributed by atoms with Crippen molar-refractivity contribution in [1.29, 1.82) is 0 Å². The number of carbonyl (C=O) groups excluding carboxylic acids is 1. The third-order valence-electron chi connectivity index (χ3n) is 2.27. The minimum Gasteiger partial charge on any atom is -0.442 e. The molecule has 1 aromatic carbocycles. The third kappa shape index (κ3) is 2.28. The van der Waals surface area contributed by atoms with Gasteiger partial charge in [0.2, 0.25) is 0 Å². The number of rotatable bonds is 5. The third-order valence-corrected chi connectivity index (χ3v) is 2.27. The molecule has 1 aromatic rings. The number of carbonyl (C=O) groups is 1. The summed E-state index contributed by atoms with van der Waals surface area (Å²) in [5.41, 5.74) is -0.192. The van der Waals surface area contributed by atoms with Gasteiger partial charge in [-0.15, -0.1) is 0 Å². The van der Waals surface area contributed by atoms with E-state index in [0.717, 1.165) is 11.6 Å². The molecule has 0 N–H and O–H groups in total. The zero-order valence-electron chi connectivity index (χ0n) is 9.06. The van der Waals surface area contributed by atoms with E-state index in [2.05, 4.69) is 19.7 Å². The van der Waals surface area contributed by atoms with Crippen LogP contribution in [0.3, 0.4) is 0 Å². The van der Waals surface area contributed by atoms with Crippen LogP contribution in [0.5, 0.6) is 0 Å². The number of esters is 1. The Morgan fingerprint density at radius 3 is 2.12 bits per heavy atom. The molecule has 0 fully saturated rings. The Labute approximate surface area is 95.6 Å². The van der Waals surface area contributed by atoms with Crippen molar-refractivity contribution in [1.82, 2.24) is 0 Å². The number of hydrogen-bond donors (Lipinski definition) is 0. The predicted octanol–water partition coefficient (Wildman–Crippen LogP) is 2.98. The van der Waals surface area contributed by atoms with E-state index in [0.29, 0.717) is 0 Å². The van der Waals surface area contributed by atoms with E-state index in [4.69, 9.17) is 4.74 Å². The molecule has 0 aromatic heterocycles. The first-order valence-corrected chi connectivity index (χ1v) is 4.86. The van der Waals surface area contributed by atoms with Crippen molar-refractivity contribution < 1.29 is 9.53 Å². The maximum Gasteiger partial charge on any atom is 0.331 e. The zero-order valence-corrected chi connectivity index (χ0v) is 9.06. The number of hydrogen-bond acceptors (Lipinski definition) is 2. The van der Waals surface area contributed by atoms with Crippen LogP contribution in [0.2, 0.25) is 0 Å². The van der Waals surface area contributed by atoms with Gasteiger partial charge in [-0.3, -0.25) is 0 Å². The molecular formula is C14H14O2. The Kier molecular flexibility index (Phi) is 3.84. The second-order valence-corrected chi connectivity index (χ2v) is 3.19. The molecule has 0 bridgehead atoms. The summed E-state index contributed by atoms with van der Waals surface area (Å²) in [6.07, 6.45) is 4.19. The maximum atomic E-state index is 11.3. The van der Waals surface area contributed by atoms with Crippen LogP contribution in [0.25, 0.3) is 0 Å². The molecule has 0 amide bonds. The lowest BCUT2D eigenvalue weighted by atomic mass is 9.94. The topological polar surface area (TPSA) is 26.3 Å². The smallest absolute Gasteiger partial charge is 0.331 e. The van der Waals surface area contributed by atoms with Gasteiger partial charge in [0.1, 0.15) is 0 Å². The van der Waals surface area contributed by atoms with Gasteiger partial charge in [-0.1, -0.05) is 50.1 Å². The Hall–Kier alpha value is -2.09. The van der Waals surface area contributed by atoms with Gasteiger partial charge in [-0.05, 0) is 12.2 Å². The van der Waals surface area contributed by atoms with E-state index in [1.165, 1.54) is 12.2 Å². The van der Waals surface area contributed by atoms with E-state index in [-0.39, 0.29) is 0 Å². The molecule has 0 heterocycles. The van der Waals surface area contributed by atoms with Crippen molar-refractivity contribution in [2.45, 2.75) is 5.60 Å². The second-order valence-electron chi connectivity index (χ2n) is 3.19. The lowest BCUT2D eigenvalue weighted by Crippen LogP contribution is -2.27. The Morgan fingerprint density at radius 1 is 1.12 bits per heavy atom. The van der Waals surface area contributed by atoms with Crippen LogP contribution in [0, 0.1) is 0 Å². The van der Waals surface area contributed by atoms with Gasteiger partial charge in [-0.25, -0.2) is 4.79 Å². The minimum atomic E-state index is -0.994. The average molecular weight is 214 g/mol. The largest absolute Gasteiger partial charge is 0.442 e. The molecule has 0 radical (unpaired) electrons. The Balaban J connectivity index is 3.15.